The highest BCUT2D eigenvalue weighted by Gasteiger charge is 2.20. The van der Waals surface area contributed by atoms with Gasteiger partial charge in [-0.2, -0.15) is 0 Å². The molecule has 0 atom stereocenters. The summed E-state index contributed by atoms with van der Waals surface area (Å²) in [5.41, 5.74) is 0.622. The van der Waals surface area contributed by atoms with E-state index in [1.165, 1.54) is 21.3 Å². The lowest BCUT2D eigenvalue weighted by Gasteiger charge is -2.14. The molecule has 0 radical (unpaired) electrons. The fourth-order valence-electron chi connectivity index (χ4n) is 2.73. The molecule has 0 aromatic heterocycles. The predicted molar refractivity (Wildman–Crippen MR) is 118 cm³/mol. The lowest BCUT2D eigenvalue weighted by atomic mass is 10.2. The molecular weight excluding hydrogens is 420 g/mol. The molecule has 2 rings (SSSR count). The summed E-state index contributed by atoms with van der Waals surface area (Å²) in [4.78, 5) is 37.8. The molecule has 0 spiro atoms. The van der Waals surface area contributed by atoms with Gasteiger partial charge < -0.3 is 24.8 Å². The molecule has 0 saturated carbocycles. The van der Waals surface area contributed by atoms with Crippen molar-refractivity contribution in [1.82, 2.24) is 10.6 Å². The molecule has 2 aromatic carbocycles. The Hall–Kier alpha value is -3.20. The summed E-state index contributed by atoms with van der Waals surface area (Å²) in [5.74, 6) is 0.355. The molecule has 2 N–H and O–H groups in total. The number of rotatable bonds is 9. The highest BCUT2D eigenvalue weighted by molar-refractivity contribution is 8.14. The van der Waals surface area contributed by atoms with Gasteiger partial charge in [0.15, 0.2) is 11.5 Å². The number of methoxy groups -OCH3 is 3. The second-order valence-electron chi connectivity index (χ2n) is 6.70. The van der Waals surface area contributed by atoms with Crippen molar-refractivity contribution in [3.05, 3.63) is 47.5 Å². The summed E-state index contributed by atoms with van der Waals surface area (Å²) >= 11 is 0.896. The van der Waals surface area contributed by atoms with Crippen LogP contribution in [0.2, 0.25) is 0 Å². The quantitative estimate of drug-likeness (QED) is 0.571. The monoisotopic (exact) mass is 446 g/mol. The number of thioether (sulfide) groups is 1. The van der Waals surface area contributed by atoms with Gasteiger partial charge in [0.05, 0.1) is 33.4 Å². The highest BCUT2D eigenvalue weighted by Crippen LogP contribution is 2.39. The first-order chi connectivity index (χ1) is 14.8. The van der Waals surface area contributed by atoms with Crippen molar-refractivity contribution < 1.29 is 28.6 Å². The Kier molecular flexibility index (Phi) is 8.75. The summed E-state index contributed by atoms with van der Waals surface area (Å²) in [6, 6.07) is 9.77. The van der Waals surface area contributed by atoms with Gasteiger partial charge in [-0.3, -0.25) is 14.4 Å². The van der Waals surface area contributed by atoms with Crippen molar-refractivity contribution in [2.24, 2.45) is 0 Å². The Morgan fingerprint density at radius 3 is 2.13 bits per heavy atom. The summed E-state index contributed by atoms with van der Waals surface area (Å²) < 4.78 is 15.9. The van der Waals surface area contributed by atoms with E-state index in [4.69, 9.17) is 14.2 Å². The molecule has 0 aliphatic heterocycles. The van der Waals surface area contributed by atoms with Gasteiger partial charge in [0.1, 0.15) is 0 Å². The number of carbonyl (C=O) groups excluding carboxylic acids is 3. The number of nitrogens with one attached hydrogen (secondary N) is 2. The minimum Gasteiger partial charge on any atom is -0.493 e. The van der Waals surface area contributed by atoms with Crippen molar-refractivity contribution in [3.63, 3.8) is 0 Å². The molecule has 0 bridgehead atoms. The fraction of sp³-hybridized carbons (Fsp3) is 0.318. The zero-order valence-corrected chi connectivity index (χ0v) is 18.9. The minimum atomic E-state index is -0.445. The summed E-state index contributed by atoms with van der Waals surface area (Å²) in [6.07, 6.45) is 0. The third-order valence-corrected chi connectivity index (χ3v) is 5.09. The van der Waals surface area contributed by atoms with Crippen molar-refractivity contribution in [3.8, 4) is 17.2 Å². The number of benzene rings is 2. The number of hydrogen-bond donors (Lipinski definition) is 2. The fourth-order valence-corrected chi connectivity index (χ4v) is 3.58. The number of ether oxygens (including phenoxy) is 3. The SMILES string of the molecule is COc1cc(C(=O)Sc2ccccc2C(=O)NCC(=O)NC(C)C)cc(OC)c1OC. The number of amides is 2. The van der Waals surface area contributed by atoms with Crippen LogP contribution in [-0.2, 0) is 4.79 Å². The molecule has 8 nitrogen and oxygen atoms in total. The molecule has 31 heavy (non-hydrogen) atoms. The maximum atomic E-state index is 12.9. The Balaban J connectivity index is 2.21. The third kappa shape index (κ3) is 6.39. The van der Waals surface area contributed by atoms with Crippen LogP contribution in [0.1, 0.15) is 34.6 Å². The lowest BCUT2D eigenvalue weighted by molar-refractivity contribution is -0.120. The van der Waals surface area contributed by atoms with E-state index in [1.54, 1.807) is 36.4 Å². The number of hydrogen-bond acceptors (Lipinski definition) is 7. The van der Waals surface area contributed by atoms with Gasteiger partial charge in [-0.1, -0.05) is 12.1 Å². The molecule has 0 heterocycles. The van der Waals surface area contributed by atoms with E-state index < -0.39 is 5.91 Å². The smallest absolute Gasteiger partial charge is 0.252 e. The summed E-state index contributed by atoms with van der Waals surface area (Å²) in [5, 5.41) is 4.97. The van der Waals surface area contributed by atoms with E-state index in [2.05, 4.69) is 10.6 Å². The van der Waals surface area contributed by atoms with E-state index in [-0.39, 0.29) is 23.6 Å². The Bertz CT molecular complexity index is 936. The van der Waals surface area contributed by atoms with E-state index >= 15 is 0 Å². The molecule has 2 aromatic rings. The standard InChI is InChI=1S/C22H26N2O6S/c1-13(2)24-19(25)12-23-21(26)15-8-6-7-9-18(15)31-22(27)14-10-16(28-3)20(30-5)17(11-14)29-4/h6-11,13H,12H2,1-5H3,(H,23,26)(H,24,25). The van der Waals surface area contributed by atoms with Crippen LogP contribution in [0, 0.1) is 0 Å². The van der Waals surface area contributed by atoms with Gasteiger partial charge in [0, 0.05) is 16.5 Å². The first-order valence-corrected chi connectivity index (χ1v) is 10.3. The summed E-state index contributed by atoms with van der Waals surface area (Å²) in [6.45, 7) is 3.51. The van der Waals surface area contributed by atoms with Crippen LogP contribution < -0.4 is 24.8 Å². The van der Waals surface area contributed by atoms with Crippen LogP contribution in [0.5, 0.6) is 17.2 Å². The Morgan fingerprint density at radius 1 is 0.968 bits per heavy atom. The third-order valence-electron chi connectivity index (χ3n) is 4.09. The van der Waals surface area contributed by atoms with Gasteiger partial charge in [-0.25, -0.2) is 0 Å². The van der Waals surface area contributed by atoms with Crippen LogP contribution in [0.4, 0.5) is 0 Å². The molecule has 0 aliphatic carbocycles. The van der Waals surface area contributed by atoms with Crippen molar-refractivity contribution in [1.29, 1.82) is 0 Å². The largest absolute Gasteiger partial charge is 0.493 e. The highest BCUT2D eigenvalue weighted by atomic mass is 32.2. The lowest BCUT2D eigenvalue weighted by Crippen LogP contribution is -2.39. The Labute approximate surface area is 185 Å². The second-order valence-corrected chi connectivity index (χ2v) is 7.72. The first kappa shape index (κ1) is 24.1. The van der Waals surface area contributed by atoms with Gasteiger partial charge >= 0.3 is 0 Å². The van der Waals surface area contributed by atoms with Crippen LogP contribution in [0.15, 0.2) is 41.3 Å². The molecule has 0 saturated heterocycles. The zero-order chi connectivity index (χ0) is 23.0. The van der Waals surface area contributed by atoms with Gasteiger partial charge in [0.25, 0.3) is 5.91 Å². The Morgan fingerprint density at radius 2 is 1.58 bits per heavy atom. The maximum Gasteiger partial charge on any atom is 0.252 e. The van der Waals surface area contributed by atoms with E-state index in [9.17, 15) is 14.4 Å². The van der Waals surface area contributed by atoms with Gasteiger partial charge in [-0.15, -0.1) is 0 Å². The van der Waals surface area contributed by atoms with Crippen LogP contribution in [0.3, 0.4) is 0 Å². The topological polar surface area (TPSA) is 103 Å². The van der Waals surface area contributed by atoms with Crippen molar-refractivity contribution in [2.45, 2.75) is 24.8 Å². The van der Waals surface area contributed by atoms with Crippen molar-refractivity contribution >= 4 is 28.7 Å². The van der Waals surface area contributed by atoms with E-state index in [1.807, 2.05) is 13.8 Å². The first-order valence-electron chi connectivity index (χ1n) is 9.49. The molecule has 166 valence electrons. The van der Waals surface area contributed by atoms with Crippen LogP contribution in [0.25, 0.3) is 0 Å². The molecule has 0 fully saturated rings. The van der Waals surface area contributed by atoms with Crippen LogP contribution >= 0.6 is 11.8 Å². The van der Waals surface area contributed by atoms with Crippen LogP contribution in [-0.4, -0.2) is 50.8 Å². The molecule has 0 aliphatic rings. The van der Waals surface area contributed by atoms with Crippen molar-refractivity contribution in [2.75, 3.05) is 27.9 Å². The average molecular weight is 447 g/mol. The van der Waals surface area contributed by atoms with E-state index in [0.29, 0.717) is 33.3 Å². The minimum absolute atomic E-state index is 0.0247. The molecular formula is C22H26N2O6S. The zero-order valence-electron chi connectivity index (χ0n) is 18.1. The van der Waals surface area contributed by atoms with Gasteiger partial charge in [-0.05, 0) is 49.9 Å². The normalized spacial score (nSPS) is 10.4. The number of carbonyl (C=O) groups is 3. The molecule has 2 amide bonds. The van der Waals surface area contributed by atoms with E-state index in [0.717, 1.165) is 11.8 Å². The molecule has 9 heteroatoms. The summed E-state index contributed by atoms with van der Waals surface area (Å²) in [7, 11) is 4.41. The predicted octanol–water partition coefficient (Wildman–Crippen LogP) is 2.90. The average Bonchev–Trinajstić information content (AvgIpc) is 2.76. The maximum absolute atomic E-state index is 12.9. The second kappa shape index (κ2) is 11.3. The van der Waals surface area contributed by atoms with Gasteiger partial charge in [0.2, 0.25) is 16.8 Å². The molecule has 0 unspecified atom stereocenters.